The Morgan fingerprint density at radius 3 is 2.60 bits per heavy atom. The van der Waals surface area contributed by atoms with Gasteiger partial charge in [-0.05, 0) is 19.8 Å². The van der Waals surface area contributed by atoms with E-state index in [4.69, 9.17) is 10.2 Å². The van der Waals surface area contributed by atoms with E-state index in [1.165, 1.54) is 0 Å². The minimum Gasteiger partial charge on any atom is -0.393 e. The van der Waals surface area contributed by atoms with Crippen molar-refractivity contribution in [1.29, 1.82) is 0 Å². The molecule has 0 rings (SSSR count). The molecule has 0 aliphatic rings. The van der Waals surface area contributed by atoms with Crippen LogP contribution < -0.4 is 0 Å². The second-order valence-electron chi connectivity index (χ2n) is 2.44. The van der Waals surface area contributed by atoms with Crippen LogP contribution in [0.15, 0.2) is 0 Å². The topological polar surface area (TPSA) is 57.5 Å². The number of rotatable bonds is 5. The summed E-state index contributed by atoms with van der Waals surface area (Å²) in [6, 6.07) is 0. The summed E-state index contributed by atoms with van der Waals surface area (Å²) in [7, 11) is 0. The number of aliphatic hydroxyl groups excluding tert-OH is 2. The second kappa shape index (κ2) is 5.38. The molecule has 3 heteroatoms. The minimum atomic E-state index is -0.375. The van der Waals surface area contributed by atoms with E-state index in [-0.39, 0.29) is 18.5 Å². The zero-order valence-corrected chi connectivity index (χ0v) is 6.21. The summed E-state index contributed by atoms with van der Waals surface area (Å²) in [5.41, 5.74) is 0. The molecule has 0 saturated heterocycles. The Morgan fingerprint density at radius 2 is 2.20 bits per heavy atom. The van der Waals surface area contributed by atoms with Crippen LogP contribution in [0.1, 0.15) is 26.2 Å². The molecule has 1 atom stereocenters. The van der Waals surface area contributed by atoms with Crippen LogP contribution in [0.5, 0.6) is 0 Å². The molecule has 0 aliphatic heterocycles. The van der Waals surface area contributed by atoms with E-state index in [1.807, 2.05) is 0 Å². The van der Waals surface area contributed by atoms with E-state index in [9.17, 15) is 4.79 Å². The summed E-state index contributed by atoms with van der Waals surface area (Å²) >= 11 is 0. The van der Waals surface area contributed by atoms with Crippen LogP contribution in [0.3, 0.4) is 0 Å². The van der Waals surface area contributed by atoms with Gasteiger partial charge in [-0.3, -0.25) is 4.79 Å². The van der Waals surface area contributed by atoms with Crippen LogP contribution in [0.25, 0.3) is 0 Å². The number of aliphatic hydroxyl groups is 2. The monoisotopic (exact) mass is 146 g/mol. The van der Waals surface area contributed by atoms with Crippen molar-refractivity contribution in [2.45, 2.75) is 32.3 Å². The predicted octanol–water partition coefficient (Wildman–Crippen LogP) is 0.0989. The highest BCUT2D eigenvalue weighted by Crippen LogP contribution is 1.99. The van der Waals surface area contributed by atoms with E-state index in [2.05, 4.69) is 0 Å². The maximum Gasteiger partial charge on any atom is 0.158 e. The van der Waals surface area contributed by atoms with E-state index in [0.29, 0.717) is 19.3 Å². The van der Waals surface area contributed by atoms with Crippen molar-refractivity contribution >= 4 is 5.78 Å². The molecular formula is C7H14O3. The first-order valence-electron chi connectivity index (χ1n) is 3.47. The smallest absolute Gasteiger partial charge is 0.158 e. The zero-order valence-electron chi connectivity index (χ0n) is 6.21. The fraction of sp³-hybridized carbons (Fsp3) is 0.857. The Hall–Kier alpha value is -0.410. The highest BCUT2D eigenvalue weighted by atomic mass is 16.3. The molecule has 3 nitrogen and oxygen atoms in total. The quantitative estimate of drug-likeness (QED) is 0.578. The van der Waals surface area contributed by atoms with Crippen molar-refractivity contribution < 1.29 is 15.0 Å². The Morgan fingerprint density at radius 1 is 1.60 bits per heavy atom. The highest BCUT2D eigenvalue weighted by molar-refractivity contribution is 5.79. The first kappa shape index (κ1) is 9.59. The molecule has 0 aromatic carbocycles. The average Bonchev–Trinajstić information content (AvgIpc) is 1.87. The number of ketones is 1. The van der Waals surface area contributed by atoms with Crippen LogP contribution in [-0.4, -0.2) is 28.7 Å². The van der Waals surface area contributed by atoms with Gasteiger partial charge in [0, 0.05) is 6.42 Å². The highest BCUT2D eigenvalue weighted by Gasteiger charge is 2.00. The lowest BCUT2D eigenvalue weighted by molar-refractivity contribution is -0.121. The van der Waals surface area contributed by atoms with Gasteiger partial charge in [-0.25, -0.2) is 0 Å². The van der Waals surface area contributed by atoms with Crippen LogP contribution in [-0.2, 0) is 4.79 Å². The summed E-state index contributed by atoms with van der Waals surface area (Å²) < 4.78 is 0. The molecule has 0 aliphatic carbocycles. The fourth-order valence-electron chi connectivity index (χ4n) is 0.674. The van der Waals surface area contributed by atoms with Gasteiger partial charge < -0.3 is 10.2 Å². The van der Waals surface area contributed by atoms with Crippen molar-refractivity contribution in [2.75, 3.05) is 6.61 Å². The summed E-state index contributed by atoms with van der Waals surface area (Å²) in [6.07, 6.45) is 1.33. The Bertz CT molecular complexity index is 99.0. The SMILES string of the molecule is CC(O)CCCC(=O)CO. The van der Waals surface area contributed by atoms with Gasteiger partial charge in [-0.1, -0.05) is 0 Å². The molecule has 0 aromatic heterocycles. The molecule has 60 valence electrons. The lowest BCUT2D eigenvalue weighted by Crippen LogP contribution is -2.05. The first-order valence-corrected chi connectivity index (χ1v) is 3.47. The molecular weight excluding hydrogens is 132 g/mol. The molecule has 0 heterocycles. The number of hydrogen-bond donors (Lipinski definition) is 2. The van der Waals surface area contributed by atoms with Gasteiger partial charge in [0.05, 0.1) is 6.10 Å². The van der Waals surface area contributed by atoms with Gasteiger partial charge in [0.15, 0.2) is 5.78 Å². The maximum atomic E-state index is 10.5. The fourth-order valence-corrected chi connectivity index (χ4v) is 0.674. The average molecular weight is 146 g/mol. The number of carbonyl (C=O) groups is 1. The summed E-state index contributed by atoms with van der Waals surface area (Å²) in [5.74, 6) is -0.152. The Balaban J connectivity index is 3.12. The third kappa shape index (κ3) is 5.72. The van der Waals surface area contributed by atoms with Crippen LogP contribution >= 0.6 is 0 Å². The van der Waals surface area contributed by atoms with Gasteiger partial charge in [-0.2, -0.15) is 0 Å². The third-order valence-corrected chi connectivity index (χ3v) is 1.25. The summed E-state index contributed by atoms with van der Waals surface area (Å²) in [6.45, 7) is 1.31. The normalized spacial score (nSPS) is 13.1. The predicted molar refractivity (Wildman–Crippen MR) is 37.6 cm³/mol. The van der Waals surface area contributed by atoms with Crippen LogP contribution in [0.4, 0.5) is 0 Å². The minimum absolute atomic E-state index is 0.152. The zero-order chi connectivity index (χ0) is 7.98. The Kier molecular flexibility index (Phi) is 5.16. The second-order valence-corrected chi connectivity index (χ2v) is 2.44. The largest absolute Gasteiger partial charge is 0.393 e. The van der Waals surface area contributed by atoms with Crippen molar-refractivity contribution in [3.8, 4) is 0 Å². The lowest BCUT2D eigenvalue weighted by Gasteiger charge is -2.00. The standard InChI is InChI=1S/C7H14O3/c1-6(9)3-2-4-7(10)5-8/h6,8-9H,2-5H2,1H3. The molecule has 0 fully saturated rings. The molecule has 0 radical (unpaired) electrons. The maximum absolute atomic E-state index is 10.5. The molecule has 0 bridgehead atoms. The molecule has 0 amide bonds. The summed E-state index contributed by atoms with van der Waals surface area (Å²) in [4.78, 5) is 10.5. The van der Waals surface area contributed by atoms with Crippen molar-refractivity contribution in [2.24, 2.45) is 0 Å². The van der Waals surface area contributed by atoms with Crippen molar-refractivity contribution in [1.82, 2.24) is 0 Å². The van der Waals surface area contributed by atoms with Gasteiger partial charge in [-0.15, -0.1) is 0 Å². The number of Topliss-reactive ketones (excluding diaryl/α,β-unsaturated/α-hetero) is 1. The molecule has 2 N–H and O–H groups in total. The summed E-state index contributed by atoms with van der Waals surface area (Å²) in [5, 5.41) is 17.1. The van der Waals surface area contributed by atoms with Gasteiger partial charge in [0.1, 0.15) is 6.61 Å². The molecule has 0 spiro atoms. The molecule has 1 unspecified atom stereocenters. The molecule has 10 heavy (non-hydrogen) atoms. The van der Waals surface area contributed by atoms with Crippen molar-refractivity contribution in [3.63, 3.8) is 0 Å². The van der Waals surface area contributed by atoms with E-state index in [1.54, 1.807) is 6.92 Å². The van der Waals surface area contributed by atoms with Crippen LogP contribution in [0.2, 0.25) is 0 Å². The third-order valence-electron chi connectivity index (χ3n) is 1.25. The van der Waals surface area contributed by atoms with E-state index >= 15 is 0 Å². The van der Waals surface area contributed by atoms with Gasteiger partial charge in [0.2, 0.25) is 0 Å². The van der Waals surface area contributed by atoms with Crippen molar-refractivity contribution in [3.05, 3.63) is 0 Å². The van der Waals surface area contributed by atoms with Gasteiger partial charge >= 0.3 is 0 Å². The van der Waals surface area contributed by atoms with Gasteiger partial charge in [0.25, 0.3) is 0 Å². The first-order chi connectivity index (χ1) is 4.66. The van der Waals surface area contributed by atoms with E-state index in [0.717, 1.165) is 0 Å². The lowest BCUT2D eigenvalue weighted by atomic mass is 10.1. The van der Waals surface area contributed by atoms with Crippen LogP contribution in [0, 0.1) is 0 Å². The number of carbonyl (C=O) groups excluding carboxylic acids is 1. The molecule has 0 aromatic rings. The van der Waals surface area contributed by atoms with E-state index < -0.39 is 0 Å². The molecule has 0 saturated carbocycles. The Labute approximate surface area is 60.7 Å². The number of hydrogen-bond acceptors (Lipinski definition) is 3.